The number of rotatable bonds is 8. The minimum absolute atomic E-state index is 0.380. The van der Waals surface area contributed by atoms with Crippen LogP contribution < -0.4 is 20.5 Å². The third kappa shape index (κ3) is 4.51. The second-order valence-corrected chi connectivity index (χ2v) is 6.22. The fourth-order valence-corrected chi connectivity index (χ4v) is 3.00. The standard InChI is InChI=1S/C18H26N6O2/c1-20-17-11-16(19)22-18(23-17)13-10-14(15(25-2)12-21-13)26-9-5-8-24-6-3-4-7-24/h10-12H,3-9H2,1-2H3,(H3,19,20,22,23). The molecule has 1 aliphatic heterocycles. The third-order valence-corrected chi connectivity index (χ3v) is 4.36. The minimum Gasteiger partial charge on any atom is -0.491 e. The summed E-state index contributed by atoms with van der Waals surface area (Å²) in [6.45, 7) is 4.08. The molecule has 8 heteroatoms. The van der Waals surface area contributed by atoms with Gasteiger partial charge in [-0.25, -0.2) is 15.0 Å². The van der Waals surface area contributed by atoms with Crippen molar-refractivity contribution in [1.82, 2.24) is 19.9 Å². The highest BCUT2D eigenvalue weighted by molar-refractivity contribution is 5.60. The van der Waals surface area contributed by atoms with Gasteiger partial charge in [0.15, 0.2) is 17.3 Å². The molecular weight excluding hydrogens is 332 g/mol. The van der Waals surface area contributed by atoms with E-state index in [9.17, 15) is 0 Å². The van der Waals surface area contributed by atoms with Gasteiger partial charge in [-0.2, -0.15) is 0 Å². The van der Waals surface area contributed by atoms with Crippen LogP contribution >= 0.6 is 0 Å². The van der Waals surface area contributed by atoms with Gasteiger partial charge in [0.25, 0.3) is 0 Å². The van der Waals surface area contributed by atoms with Crippen molar-refractivity contribution >= 4 is 11.6 Å². The zero-order valence-electron chi connectivity index (χ0n) is 15.4. The second kappa shape index (κ2) is 8.66. The van der Waals surface area contributed by atoms with Crippen molar-refractivity contribution in [2.24, 2.45) is 0 Å². The molecule has 0 aromatic carbocycles. The maximum Gasteiger partial charge on any atom is 0.182 e. The number of likely N-dealkylation sites (tertiary alicyclic amines) is 1. The maximum absolute atomic E-state index is 5.94. The average molecular weight is 358 g/mol. The molecule has 3 rings (SSSR count). The number of hydrogen-bond acceptors (Lipinski definition) is 8. The molecule has 2 aromatic rings. The Balaban J connectivity index is 1.70. The summed E-state index contributed by atoms with van der Waals surface area (Å²) in [4.78, 5) is 15.5. The van der Waals surface area contributed by atoms with E-state index in [0.717, 1.165) is 13.0 Å². The van der Waals surface area contributed by atoms with Crippen LogP contribution in [0.1, 0.15) is 19.3 Å². The molecule has 8 nitrogen and oxygen atoms in total. The highest BCUT2D eigenvalue weighted by atomic mass is 16.5. The number of pyridine rings is 1. The lowest BCUT2D eigenvalue weighted by Gasteiger charge is -2.15. The molecule has 2 aromatic heterocycles. The molecule has 3 heterocycles. The number of methoxy groups -OCH3 is 1. The van der Waals surface area contributed by atoms with E-state index in [2.05, 4.69) is 25.2 Å². The van der Waals surface area contributed by atoms with Crippen molar-refractivity contribution in [3.8, 4) is 23.0 Å². The summed E-state index contributed by atoms with van der Waals surface area (Å²) in [5.41, 5.74) is 6.43. The van der Waals surface area contributed by atoms with Crippen LogP contribution in [0.5, 0.6) is 11.5 Å². The number of nitrogens with one attached hydrogen (secondary N) is 1. The minimum atomic E-state index is 0.380. The van der Waals surface area contributed by atoms with Gasteiger partial charge in [0.1, 0.15) is 17.3 Å². The Bertz CT molecular complexity index is 734. The number of nitrogen functional groups attached to an aromatic ring is 1. The van der Waals surface area contributed by atoms with E-state index in [1.807, 2.05) is 0 Å². The van der Waals surface area contributed by atoms with Crippen LogP contribution in [0.3, 0.4) is 0 Å². The van der Waals surface area contributed by atoms with Gasteiger partial charge in [0, 0.05) is 25.7 Å². The average Bonchev–Trinajstić information content (AvgIpc) is 3.18. The first-order valence-corrected chi connectivity index (χ1v) is 8.91. The molecule has 1 aliphatic rings. The van der Waals surface area contributed by atoms with Crippen molar-refractivity contribution < 1.29 is 9.47 Å². The molecule has 140 valence electrons. The zero-order chi connectivity index (χ0) is 18.4. The summed E-state index contributed by atoms with van der Waals surface area (Å²) in [5.74, 6) is 2.69. The van der Waals surface area contributed by atoms with E-state index < -0.39 is 0 Å². The number of ether oxygens (including phenoxy) is 2. The van der Waals surface area contributed by atoms with Gasteiger partial charge in [-0.05, 0) is 32.4 Å². The van der Waals surface area contributed by atoms with Crippen LogP contribution in [0.15, 0.2) is 18.3 Å². The lowest BCUT2D eigenvalue weighted by Crippen LogP contribution is -2.21. The lowest BCUT2D eigenvalue weighted by molar-refractivity contribution is 0.254. The summed E-state index contributed by atoms with van der Waals surface area (Å²) in [5, 5.41) is 2.96. The first kappa shape index (κ1) is 18.2. The largest absolute Gasteiger partial charge is 0.491 e. The van der Waals surface area contributed by atoms with E-state index in [1.165, 1.54) is 25.9 Å². The second-order valence-electron chi connectivity index (χ2n) is 6.22. The van der Waals surface area contributed by atoms with Gasteiger partial charge in [-0.1, -0.05) is 0 Å². The highest BCUT2D eigenvalue weighted by Gasteiger charge is 2.13. The van der Waals surface area contributed by atoms with Crippen LogP contribution in [0.25, 0.3) is 11.5 Å². The molecule has 26 heavy (non-hydrogen) atoms. The summed E-state index contributed by atoms with van der Waals surface area (Å²) in [6, 6.07) is 3.46. The number of hydrogen-bond donors (Lipinski definition) is 2. The topological polar surface area (TPSA) is 98.4 Å². The molecule has 0 saturated carbocycles. The Morgan fingerprint density at radius 3 is 2.73 bits per heavy atom. The van der Waals surface area contributed by atoms with Crippen molar-refractivity contribution in [2.45, 2.75) is 19.3 Å². The highest BCUT2D eigenvalue weighted by Crippen LogP contribution is 2.30. The predicted molar refractivity (Wildman–Crippen MR) is 102 cm³/mol. The number of nitrogens with zero attached hydrogens (tertiary/aromatic N) is 4. The van der Waals surface area contributed by atoms with Gasteiger partial charge in [-0.3, -0.25) is 0 Å². The van der Waals surface area contributed by atoms with Crippen LogP contribution in [0.2, 0.25) is 0 Å². The maximum atomic E-state index is 5.94. The van der Waals surface area contributed by atoms with E-state index in [0.29, 0.717) is 41.3 Å². The Morgan fingerprint density at radius 2 is 2.00 bits per heavy atom. The molecule has 0 amide bonds. The Hall–Kier alpha value is -2.61. The van der Waals surface area contributed by atoms with E-state index in [-0.39, 0.29) is 0 Å². The number of anilines is 2. The van der Waals surface area contributed by atoms with Gasteiger partial charge >= 0.3 is 0 Å². The van der Waals surface area contributed by atoms with Crippen molar-refractivity contribution in [3.63, 3.8) is 0 Å². The Labute approximate surface area is 153 Å². The van der Waals surface area contributed by atoms with E-state index >= 15 is 0 Å². The molecular formula is C18H26N6O2. The monoisotopic (exact) mass is 358 g/mol. The molecule has 0 bridgehead atoms. The fraction of sp³-hybridized carbons (Fsp3) is 0.500. The normalized spacial score (nSPS) is 14.4. The fourth-order valence-electron chi connectivity index (χ4n) is 3.00. The number of aromatic nitrogens is 3. The molecule has 0 atom stereocenters. The molecule has 0 unspecified atom stereocenters. The zero-order valence-corrected chi connectivity index (χ0v) is 15.4. The van der Waals surface area contributed by atoms with Crippen LogP contribution in [0.4, 0.5) is 11.6 Å². The Kier molecular flexibility index (Phi) is 6.06. The smallest absolute Gasteiger partial charge is 0.182 e. The summed E-state index contributed by atoms with van der Waals surface area (Å²) < 4.78 is 11.3. The van der Waals surface area contributed by atoms with Crippen molar-refractivity contribution in [1.29, 1.82) is 0 Å². The van der Waals surface area contributed by atoms with Gasteiger partial charge < -0.3 is 25.4 Å². The summed E-state index contributed by atoms with van der Waals surface area (Å²) >= 11 is 0. The molecule has 0 radical (unpaired) electrons. The first-order valence-electron chi connectivity index (χ1n) is 8.91. The molecule has 1 saturated heterocycles. The van der Waals surface area contributed by atoms with Gasteiger partial charge in [-0.15, -0.1) is 0 Å². The van der Waals surface area contributed by atoms with E-state index in [1.54, 1.807) is 32.5 Å². The van der Waals surface area contributed by atoms with Crippen LogP contribution in [-0.4, -0.2) is 60.3 Å². The van der Waals surface area contributed by atoms with Gasteiger partial charge in [0.2, 0.25) is 0 Å². The number of nitrogens with two attached hydrogens (primary N) is 1. The quantitative estimate of drug-likeness (QED) is 0.692. The first-order chi connectivity index (χ1) is 12.7. The summed E-state index contributed by atoms with van der Waals surface area (Å²) in [6.07, 6.45) is 5.20. The van der Waals surface area contributed by atoms with Crippen LogP contribution in [0, 0.1) is 0 Å². The Morgan fingerprint density at radius 1 is 1.19 bits per heavy atom. The lowest BCUT2D eigenvalue weighted by atomic mass is 10.3. The molecule has 3 N–H and O–H groups in total. The molecule has 1 fully saturated rings. The van der Waals surface area contributed by atoms with Crippen molar-refractivity contribution in [2.75, 3.05) is 51.4 Å². The predicted octanol–water partition coefficient (Wildman–Crippen LogP) is 2.04. The summed E-state index contributed by atoms with van der Waals surface area (Å²) in [7, 11) is 3.38. The SMILES string of the molecule is CNc1cc(N)nc(-c2cc(OCCCN3CCCC3)c(OC)cn2)n1. The van der Waals surface area contributed by atoms with Crippen molar-refractivity contribution in [3.05, 3.63) is 18.3 Å². The molecule has 0 spiro atoms. The van der Waals surface area contributed by atoms with Gasteiger partial charge in [0.05, 0.1) is 19.9 Å². The van der Waals surface area contributed by atoms with E-state index in [4.69, 9.17) is 15.2 Å². The molecule has 0 aliphatic carbocycles. The third-order valence-electron chi connectivity index (χ3n) is 4.36. The van der Waals surface area contributed by atoms with Crippen LogP contribution in [-0.2, 0) is 0 Å².